The summed E-state index contributed by atoms with van der Waals surface area (Å²) in [4.78, 5) is 44.7. The highest BCUT2D eigenvalue weighted by molar-refractivity contribution is 6.03. The van der Waals surface area contributed by atoms with Gasteiger partial charge in [0.15, 0.2) is 0 Å². The van der Waals surface area contributed by atoms with Crippen LogP contribution in [0.1, 0.15) is 27.2 Å². The number of rotatable bonds is 9. The minimum atomic E-state index is -2.72. The molecule has 10 heteroatoms. The first kappa shape index (κ1) is 20.8. The smallest absolute Gasteiger partial charge is 0.359 e. The highest BCUT2D eigenvalue weighted by Gasteiger charge is 2.45. The highest BCUT2D eigenvalue weighted by atomic mass is 16.6. The van der Waals surface area contributed by atoms with Crippen LogP contribution in [0.5, 0.6) is 0 Å². The molecule has 0 aliphatic carbocycles. The molecule has 0 aromatic rings. The van der Waals surface area contributed by atoms with Gasteiger partial charge < -0.3 is 30.5 Å². The van der Waals surface area contributed by atoms with E-state index < -0.39 is 54.0 Å². The first-order chi connectivity index (χ1) is 10.4. The molecule has 0 rings (SSSR count). The Hall–Kier alpha value is -2.20. The Morgan fingerprint density at radius 2 is 1.57 bits per heavy atom. The lowest BCUT2D eigenvalue weighted by atomic mass is 9.87. The van der Waals surface area contributed by atoms with Crippen LogP contribution in [-0.4, -0.2) is 69.1 Å². The summed E-state index contributed by atoms with van der Waals surface area (Å²) in [5.41, 5.74) is -3.81. The molecule has 0 saturated carbocycles. The molecule has 0 aromatic carbocycles. The van der Waals surface area contributed by atoms with Crippen molar-refractivity contribution >= 4 is 23.8 Å². The maximum absolute atomic E-state index is 11.6. The van der Waals surface area contributed by atoms with Gasteiger partial charge in [-0.2, -0.15) is 0 Å². The first-order valence-corrected chi connectivity index (χ1v) is 6.63. The molecule has 0 unspecified atom stereocenters. The summed E-state index contributed by atoms with van der Waals surface area (Å²) in [6.45, 7) is 2.87. The van der Waals surface area contributed by atoms with Crippen LogP contribution in [0.2, 0.25) is 0 Å². The van der Waals surface area contributed by atoms with Crippen molar-refractivity contribution in [1.29, 1.82) is 0 Å². The summed E-state index contributed by atoms with van der Waals surface area (Å²) in [6.07, 6.45) is -2.01. The molecule has 0 bridgehead atoms. The maximum Gasteiger partial charge on any atom is 0.359 e. The quantitative estimate of drug-likeness (QED) is 0.244. The largest absolute Gasteiger partial charge is 0.478 e. The molecular weight excluding hydrogens is 314 g/mol. The molecule has 0 saturated heterocycles. The second kappa shape index (κ2) is 7.88. The zero-order valence-electron chi connectivity index (χ0n) is 13.0. The average Bonchev–Trinajstić information content (AvgIpc) is 2.45. The van der Waals surface area contributed by atoms with Crippen LogP contribution < -0.4 is 5.32 Å². The van der Waals surface area contributed by atoms with E-state index in [-0.39, 0.29) is 6.54 Å². The number of carbonyl (C=O) groups excluding carboxylic acids is 2. The molecule has 132 valence electrons. The molecule has 1 atom stereocenters. The van der Waals surface area contributed by atoms with E-state index in [1.165, 1.54) is 13.8 Å². The number of amides is 1. The van der Waals surface area contributed by atoms with E-state index in [1.807, 2.05) is 0 Å². The minimum absolute atomic E-state index is 0.300. The number of carboxylic acids is 2. The fourth-order valence-corrected chi connectivity index (χ4v) is 1.28. The monoisotopic (exact) mass is 335 g/mol. The standard InChI is InChI=1S/C13H21NO9/c1-12(2,6-15)8(17)9(18)14-5-4-7(16)23-13(3,10(19)20)11(21)22/h8,15,17H,4-6H2,1-3H3,(H,14,18)(H,19,20)(H,21,22)/t8-/m0/s1. The first-order valence-electron chi connectivity index (χ1n) is 6.63. The van der Waals surface area contributed by atoms with Gasteiger partial charge in [0.05, 0.1) is 13.0 Å². The van der Waals surface area contributed by atoms with Gasteiger partial charge in [-0.25, -0.2) is 9.59 Å². The fraction of sp³-hybridized carbons (Fsp3) is 0.692. The molecule has 0 radical (unpaired) electrons. The number of hydrogen-bond acceptors (Lipinski definition) is 7. The molecule has 0 aliphatic heterocycles. The van der Waals surface area contributed by atoms with Gasteiger partial charge in [0.1, 0.15) is 6.10 Å². The van der Waals surface area contributed by atoms with E-state index in [0.717, 1.165) is 0 Å². The molecule has 0 aliphatic rings. The normalized spacial score (nSPS) is 13.1. The van der Waals surface area contributed by atoms with Gasteiger partial charge in [-0.1, -0.05) is 13.8 Å². The summed E-state index contributed by atoms with van der Waals surface area (Å²) >= 11 is 0. The van der Waals surface area contributed by atoms with Crippen molar-refractivity contribution in [3.05, 3.63) is 0 Å². The zero-order chi connectivity index (χ0) is 18.4. The van der Waals surface area contributed by atoms with Crippen LogP contribution in [0.3, 0.4) is 0 Å². The summed E-state index contributed by atoms with van der Waals surface area (Å²) in [5.74, 6) is -5.67. The van der Waals surface area contributed by atoms with Crippen molar-refractivity contribution in [2.45, 2.75) is 38.9 Å². The van der Waals surface area contributed by atoms with E-state index >= 15 is 0 Å². The molecule has 0 spiro atoms. The van der Waals surface area contributed by atoms with E-state index in [0.29, 0.717) is 6.92 Å². The maximum atomic E-state index is 11.6. The molecular formula is C13H21NO9. The van der Waals surface area contributed by atoms with E-state index in [2.05, 4.69) is 10.1 Å². The van der Waals surface area contributed by atoms with Crippen LogP contribution in [-0.2, 0) is 23.9 Å². The molecule has 1 amide bonds. The summed E-state index contributed by atoms with van der Waals surface area (Å²) in [6, 6.07) is 0. The lowest BCUT2D eigenvalue weighted by Crippen LogP contribution is -2.48. The molecule has 23 heavy (non-hydrogen) atoms. The van der Waals surface area contributed by atoms with Crippen LogP contribution in [0.25, 0.3) is 0 Å². The van der Waals surface area contributed by atoms with E-state index in [1.54, 1.807) is 0 Å². The van der Waals surface area contributed by atoms with Crippen molar-refractivity contribution in [2.24, 2.45) is 5.41 Å². The third kappa shape index (κ3) is 5.49. The molecule has 0 aromatic heterocycles. The fourth-order valence-electron chi connectivity index (χ4n) is 1.28. The number of aliphatic carboxylic acids is 2. The number of carbonyl (C=O) groups is 4. The van der Waals surface area contributed by atoms with Crippen molar-refractivity contribution < 1.29 is 44.3 Å². The van der Waals surface area contributed by atoms with Crippen molar-refractivity contribution in [1.82, 2.24) is 5.32 Å². The number of aliphatic hydroxyl groups excluding tert-OH is 2. The number of hydrogen-bond donors (Lipinski definition) is 5. The molecule has 5 N–H and O–H groups in total. The number of esters is 1. The number of aliphatic hydroxyl groups is 2. The van der Waals surface area contributed by atoms with Gasteiger partial charge in [-0.15, -0.1) is 0 Å². The van der Waals surface area contributed by atoms with Crippen LogP contribution in [0, 0.1) is 5.41 Å². The van der Waals surface area contributed by atoms with Gasteiger partial charge in [0, 0.05) is 12.0 Å². The van der Waals surface area contributed by atoms with Crippen molar-refractivity contribution in [3.63, 3.8) is 0 Å². The third-order valence-electron chi connectivity index (χ3n) is 3.16. The second-order valence-electron chi connectivity index (χ2n) is 5.71. The Kier molecular flexibility index (Phi) is 7.13. The van der Waals surface area contributed by atoms with Crippen molar-refractivity contribution in [2.75, 3.05) is 13.2 Å². The predicted octanol–water partition coefficient (Wildman–Crippen LogP) is -1.66. The van der Waals surface area contributed by atoms with Crippen LogP contribution in [0.15, 0.2) is 0 Å². The summed E-state index contributed by atoms with van der Waals surface area (Å²) in [5, 5.41) is 38.5. The second-order valence-corrected chi connectivity index (χ2v) is 5.71. The SMILES string of the molecule is CC(OC(=O)CCNC(=O)[C@H](O)C(C)(C)CO)(C(=O)O)C(=O)O. The van der Waals surface area contributed by atoms with E-state index in [4.69, 9.17) is 15.3 Å². The lowest BCUT2D eigenvalue weighted by Gasteiger charge is -2.27. The zero-order valence-corrected chi connectivity index (χ0v) is 13.0. The average molecular weight is 335 g/mol. The predicted molar refractivity (Wildman–Crippen MR) is 74.3 cm³/mol. The van der Waals surface area contributed by atoms with Gasteiger partial charge >= 0.3 is 23.5 Å². The Bertz CT molecular complexity index is 472. The Balaban J connectivity index is 4.50. The van der Waals surface area contributed by atoms with Gasteiger partial charge in [0.2, 0.25) is 5.91 Å². The highest BCUT2D eigenvalue weighted by Crippen LogP contribution is 2.19. The Morgan fingerprint density at radius 3 is 1.96 bits per heavy atom. The van der Waals surface area contributed by atoms with Crippen LogP contribution in [0.4, 0.5) is 0 Å². The Morgan fingerprint density at radius 1 is 1.09 bits per heavy atom. The topological polar surface area (TPSA) is 170 Å². The van der Waals surface area contributed by atoms with Gasteiger partial charge in [-0.05, 0) is 6.92 Å². The van der Waals surface area contributed by atoms with E-state index in [9.17, 15) is 24.3 Å². The van der Waals surface area contributed by atoms with Gasteiger partial charge in [0.25, 0.3) is 0 Å². The number of nitrogens with one attached hydrogen (secondary N) is 1. The van der Waals surface area contributed by atoms with Crippen LogP contribution >= 0.6 is 0 Å². The molecule has 0 fully saturated rings. The van der Waals surface area contributed by atoms with Crippen molar-refractivity contribution in [3.8, 4) is 0 Å². The van der Waals surface area contributed by atoms with Gasteiger partial charge in [-0.3, -0.25) is 9.59 Å². The molecule has 10 nitrogen and oxygen atoms in total. The summed E-state index contributed by atoms with van der Waals surface area (Å²) < 4.78 is 4.40. The minimum Gasteiger partial charge on any atom is -0.478 e. The number of ether oxygens (including phenoxy) is 1. The number of carboxylic acid groups (broad SMARTS) is 2. The summed E-state index contributed by atoms with van der Waals surface area (Å²) in [7, 11) is 0. The Labute approximate surface area is 132 Å². The lowest BCUT2D eigenvalue weighted by molar-refractivity contribution is -0.188. The molecule has 0 heterocycles. The third-order valence-corrected chi connectivity index (χ3v) is 3.16.